The summed E-state index contributed by atoms with van der Waals surface area (Å²) in [6.07, 6.45) is 3.86. The van der Waals surface area contributed by atoms with Crippen LogP contribution in [0.2, 0.25) is 0 Å². The van der Waals surface area contributed by atoms with Gasteiger partial charge in [0.15, 0.2) is 5.82 Å². The van der Waals surface area contributed by atoms with Gasteiger partial charge in [-0.1, -0.05) is 23.9 Å². The van der Waals surface area contributed by atoms with Crippen LogP contribution >= 0.6 is 23.5 Å². The molecule has 0 bridgehead atoms. The van der Waals surface area contributed by atoms with Gasteiger partial charge in [-0.2, -0.15) is 9.78 Å². The highest BCUT2D eigenvalue weighted by atomic mass is 32.2. The number of ether oxygens (including phenoxy) is 1. The molecule has 0 saturated carbocycles. The number of rotatable bonds is 5. The Balaban J connectivity index is 2.00. The van der Waals surface area contributed by atoms with Gasteiger partial charge < -0.3 is 4.74 Å². The molecule has 0 fully saturated rings. The van der Waals surface area contributed by atoms with E-state index in [1.807, 2.05) is 43.5 Å². The quantitative estimate of drug-likeness (QED) is 0.454. The van der Waals surface area contributed by atoms with Crippen LogP contribution in [-0.2, 0) is 9.53 Å². The summed E-state index contributed by atoms with van der Waals surface area (Å²) in [5, 5.41) is 13.4. The zero-order chi connectivity index (χ0) is 17.8. The van der Waals surface area contributed by atoms with Gasteiger partial charge in [-0.05, 0) is 43.9 Å². The summed E-state index contributed by atoms with van der Waals surface area (Å²) in [6, 6.07) is 8.02. The molecule has 3 rings (SSSR count). The van der Waals surface area contributed by atoms with Gasteiger partial charge in [0.1, 0.15) is 0 Å². The van der Waals surface area contributed by atoms with Gasteiger partial charge in [0.05, 0.1) is 17.9 Å². The molecule has 0 radical (unpaired) electrons. The molecule has 130 valence electrons. The van der Waals surface area contributed by atoms with E-state index in [9.17, 15) is 4.79 Å². The highest BCUT2D eigenvalue weighted by molar-refractivity contribution is 8.00. The van der Waals surface area contributed by atoms with Crippen molar-refractivity contribution in [1.29, 1.82) is 0 Å². The fourth-order valence-corrected chi connectivity index (χ4v) is 3.57. The summed E-state index contributed by atoms with van der Waals surface area (Å²) < 4.78 is 6.89. The molecule has 2 heterocycles. The van der Waals surface area contributed by atoms with Gasteiger partial charge in [0.25, 0.3) is 0 Å². The fraction of sp³-hybridized carbons (Fsp3) is 0.294. The predicted octanol–water partition coefficient (Wildman–Crippen LogP) is 3.26. The Hall–Kier alpha value is -2.06. The molecule has 2 aromatic rings. The fourth-order valence-electron chi connectivity index (χ4n) is 2.29. The predicted molar refractivity (Wildman–Crippen MR) is 101 cm³/mol. The Bertz CT molecular complexity index is 841. The van der Waals surface area contributed by atoms with E-state index in [4.69, 9.17) is 4.74 Å². The molecule has 0 aliphatic carbocycles. The third kappa shape index (κ3) is 3.96. The van der Waals surface area contributed by atoms with Crippen molar-refractivity contribution < 1.29 is 9.53 Å². The number of esters is 1. The molecule has 1 aliphatic rings. The lowest BCUT2D eigenvalue weighted by molar-refractivity contribution is -0.137. The van der Waals surface area contributed by atoms with Crippen molar-refractivity contribution in [3.8, 4) is 0 Å². The maximum absolute atomic E-state index is 12.5. The molecule has 0 saturated heterocycles. The summed E-state index contributed by atoms with van der Waals surface area (Å²) in [7, 11) is 0. The van der Waals surface area contributed by atoms with Gasteiger partial charge in [-0.25, -0.2) is 4.79 Å². The third-order valence-corrected chi connectivity index (χ3v) is 5.23. The van der Waals surface area contributed by atoms with Crippen LogP contribution in [0.3, 0.4) is 0 Å². The highest BCUT2D eigenvalue weighted by Gasteiger charge is 2.24. The maximum Gasteiger partial charge on any atom is 0.340 e. The molecule has 0 N–H and O–H groups in total. The summed E-state index contributed by atoms with van der Waals surface area (Å²) in [4.78, 5) is 13.7. The summed E-state index contributed by atoms with van der Waals surface area (Å²) in [6.45, 7) is 3.94. The second-order valence-electron chi connectivity index (χ2n) is 5.23. The van der Waals surface area contributed by atoms with Crippen LogP contribution in [0.1, 0.15) is 18.3 Å². The van der Waals surface area contributed by atoms with Gasteiger partial charge in [-0.15, -0.1) is 22.0 Å². The van der Waals surface area contributed by atoms with Crippen LogP contribution in [0.5, 0.6) is 0 Å². The molecule has 25 heavy (non-hydrogen) atoms. The van der Waals surface area contributed by atoms with Crippen molar-refractivity contribution in [1.82, 2.24) is 14.9 Å². The van der Waals surface area contributed by atoms with Gasteiger partial charge in [-0.3, -0.25) is 0 Å². The van der Waals surface area contributed by atoms with E-state index in [-0.39, 0.29) is 5.97 Å². The van der Waals surface area contributed by atoms with Gasteiger partial charge in [0, 0.05) is 10.6 Å². The van der Waals surface area contributed by atoms with Crippen molar-refractivity contribution in [2.24, 2.45) is 5.10 Å². The summed E-state index contributed by atoms with van der Waals surface area (Å²) in [5.74, 6) is 0.864. The Morgan fingerprint density at radius 1 is 1.36 bits per heavy atom. The Morgan fingerprint density at radius 2 is 2.12 bits per heavy atom. The number of hydrogen-bond donors (Lipinski definition) is 0. The largest absolute Gasteiger partial charge is 0.462 e. The third-order valence-electron chi connectivity index (χ3n) is 3.56. The number of fused-ring (bicyclic) bond motifs is 1. The van der Waals surface area contributed by atoms with E-state index in [1.54, 1.807) is 23.4 Å². The zero-order valence-corrected chi connectivity index (χ0v) is 15.9. The molecular formula is C17H18N4O2S2. The number of benzene rings is 1. The Kier molecular flexibility index (Phi) is 5.60. The molecule has 8 heteroatoms. The van der Waals surface area contributed by atoms with Crippen molar-refractivity contribution in [3.63, 3.8) is 0 Å². The number of aryl methyl sites for hydroxylation is 1. The first-order chi connectivity index (χ1) is 12.1. The first kappa shape index (κ1) is 17.8. The van der Waals surface area contributed by atoms with E-state index in [2.05, 4.69) is 15.3 Å². The maximum atomic E-state index is 12.5. The van der Waals surface area contributed by atoms with Crippen LogP contribution in [-0.4, -0.2) is 45.2 Å². The van der Waals surface area contributed by atoms with E-state index >= 15 is 0 Å². The Labute approximate surface area is 154 Å². The van der Waals surface area contributed by atoms with Crippen molar-refractivity contribution in [3.05, 3.63) is 41.2 Å². The number of thioether (sulfide) groups is 2. The van der Waals surface area contributed by atoms with Crippen molar-refractivity contribution in [2.45, 2.75) is 23.9 Å². The minimum Gasteiger partial charge on any atom is -0.462 e. The number of hydrogen-bond acceptors (Lipinski definition) is 7. The van der Waals surface area contributed by atoms with Gasteiger partial charge >= 0.3 is 5.97 Å². The average molecular weight is 374 g/mol. The molecule has 0 spiro atoms. The lowest BCUT2D eigenvalue weighted by atomic mass is 10.1. The number of nitrogens with zero attached hydrogens (tertiary/aromatic N) is 4. The minimum atomic E-state index is -0.370. The van der Waals surface area contributed by atoms with Crippen LogP contribution in [0.25, 0.3) is 6.08 Å². The number of carbonyl (C=O) groups is 1. The topological polar surface area (TPSA) is 69.4 Å². The molecule has 1 aliphatic heterocycles. The van der Waals surface area contributed by atoms with E-state index in [0.29, 0.717) is 29.5 Å². The van der Waals surface area contributed by atoms with E-state index < -0.39 is 0 Å². The smallest absolute Gasteiger partial charge is 0.340 e. The molecule has 0 atom stereocenters. The highest BCUT2D eigenvalue weighted by Crippen LogP contribution is 2.25. The number of carbonyl (C=O) groups excluding carboxylic acids is 1. The normalized spacial score (nSPS) is 14.0. The van der Waals surface area contributed by atoms with Crippen LogP contribution in [0.15, 0.2) is 45.0 Å². The molecule has 1 aromatic carbocycles. The molecular weight excluding hydrogens is 356 g/mol. The van der Waals surface area contributed by atoms with Crippen LogP contribution < -0.4 is 0 Å². The molecule has 0 amide bonds. The summed E-state index contributed by atoms with van der Waals surface area (Å²) in [5.41, 5.74) is 2.05. The molecule has 0 unspecified atom stereocenters. The van der Waals surface area contributed by atoms with Crippen LogP contribution in [0, 0.1) is 6.92 Å². The molecule has 1 aromatic heterocycles. The van der Waals surface area contributed by atoms with Crippen molar-refractivity contribution in [2.75, 3.05) is 18.6 Å². The van der Waals surface area contributed by atoms with E-state index in [1.165, 1.54) is 16.7 Å². The lowest BCUT2D eigenvalue weighted by Gasteiger charge is -2.15. The lowest BCUT2D eigenvalue weighted by Crippen LogP contribution is -2.21. The summed E-state index contributed by atoms with van der Waals surface area (Å²) >= 11 is 3.18. The SMILES string of the molecule is CCOC(=O)/C(=C\c1ccc(SC)cc1)C1=Nn2c(C)nnc2SC1. The molecule has 6 nitrogen and oxygen atoms in total. The minimum absolute atomic E-state index is 0.318. The second-order valence-corrected chi connectivity index (χ2v) is 7.05. The zero-order valence-electron chi connectivity index (χ0n) is 14.2. The van der Waals surface area contributed by atoms with Crippen LogP contribution in [0.4, 0.5) is 0 Å². The second kappa shape index (κ2) is 7.88. The first-order valence-corrected chi connectivity index (χ1v) is 9.99. The average Bonchev–Trinajstić information content (AvgIpc) is 3.01. The van der Waals surface area contributed by atoms with E-state index in [0.717, 1.165) is 10.7 Å². The van der Waals surface area contributed by atoms with Gasteiger partial charge in [0.2, 0.25) is 5.16 Å². The monoisotopic (exact) mass is 374 g/mol. The first-order valence-electron chi connectivity index (χ1n) is 7.78. The van der Waals surface area contributed by atoms with Crippen molar-refractivity contribution >= 4 is 41.3 Å². The standard InChI is InChI=1S/C17H18N4O2S2/c1-4-23-16(22)14(9-12-5-7-13(24-3)8-6-12)15-10-25-17-19-18-11(2)21(17)20-15/h5-9H,4,10H2,1-3H3/b14-9-. The number of aromatic nitrogens is 3. The Morgan fingerprint density at radius 3 is 2.80 bits per heavy atom.